The minimum absolute atomic E-state index is 0.0789. The van der Waals surface area contributed by atoms with Crippen molar-refractivity contribution in [3.05, 3.63) is 41.2 Å². The highest BCUT2D eigenvalue weighted by atomic mass is 16.5. The number of nitrogens with zero attached hydrogens (tertiary/aromatic N) is 1. The third kappa shape index (κ3) is 3.17. The van der Waals surface area contributed by atoms with Crippen LogP contribution in [-0.2, 0) is 11.2 Å². The van der Waals surface area contributed by atoms with Crippen LogP contribution in [0.25, 0.3) is 0 Å². The van der Waals surface area contributed by atoms with Crippen LogP contribution in [0.2, 0.25) is 0 Å². The molecular formula is C15H19N3O2. The Morgan fingerprint density at radius 3 is 2.75 bits per heavy atom. The standard InChI is InChI=1S/C15H19N3O2/c1-4-20-14-8-6-5-7-13(14)16-15(19)9-12-10(2)17-18-11(12)3/h5-8H,4,9H2,1-3H3,(H,16,19)(H,17,18). The number of ether oxygens (including phenoxy) is 1. The van der Waals surface area contributed by atoms with Gasteiger partial charge in [-0.1, -0.05) is 12.1 Å². The summed E-state index contributed by atoms with van der Waals surface area (Å²) >= 11 is 0. The lowest BCUT2D eigenvalue weighted by Crippen LogP contribution is -2.16. The van der Waals surface area contributed by atoms with Crippen molar-refractivity contribution in [3.63, 3.8) is 0 Å². The summed E-state index contributed by atoms with van der Waals surface area (Å²) in [6.45, 7) is 6.28. The van der Waals surface area contributed by atoms with Crippen LogP contribution in [0, 0.1) is 13.8 Å². The lowest BCUT2D eigenvalue weighted by atomic mass is 10.1. The average molecular weight is 273 g/mol. The molecule has 2 rings (SSSR count). The van der Waals surface area contributed by atoms with Crippen molar-refractivity contribution >= 4 is 11.6 Å². The second kappa shape index (κ2) is 6.23. The van der Waals surface area contributed by atoms with Crippen LogP contribution in [-0.4, -0.2) is 22.7 Å². The first kappa shape index (κ1) is 14.1. The van der Waals surface area contributed by atoms with E-state index in [9.17, 15) is 4.79 Å². The zero-order valence-electron chi connectivity index (χ0n) is 12.0. The zero-order chi connectivity index (χ0) is 14.5. The van der Waals surface area contributed by atoms with Gasteiger partial charge >= 0.3 is 0 Å². The minimum atomic E-state index is -0.0789. The van der Waals surface area contributed by atoms with Crippen molar-refractivity contribution in [2.75, 3.05) is 11.9 Å². The summed E-state index contributed by atoms with van der Waals surface area (Å²) in [7, 11) is 0. The Bertz CT molecular complexity index is 585. The van der Waals surface area contributed by atoms with Crippen molar-refractivity contribution in [3.8, 4) is 5.75 Å². The third-order valence-corrected chi connectivity index (χ3v) is 3.08. The number of aromatic amines is 1. The van der Waals surface area contributed by atoms with Crippen LogP contribution in [0.1, 0.15) is 23.9 Å². The molecule has 0 saturated carbocycles. The summed E-state index contributed by atoms with van der Waals surface area (Å²) in [5.74, 6) is 0.605. The van der Waals surface area contributed by atoms with Crippen molar-refractivity contribution in [1.29, 1.82) is 0 Å². The Kier molecular flexibility index (Phi) is 4.40. The van der Waals surface area contributed by atoms with Gasteiger partial charge < -0.3 is 10.1 Å². The molecule has 0 spiro atoms. The number of para-hydroxylation sites is 2. The molecule has 5 nitrogen and oxygen atoms in total. The molecule has 106 valence electrons. The molecule has 2 N–H and O–H groups in total. The largest absolute Gasteiger partial charge is 0.492 e. The van der Waals surface area contributed by atoms with E-state index in [1.165, 1.54) is 0 Å². The Morgan fingerprint density at radius 1 is 1.35 bits per heavy atom. The molecule has 1 aromatic heterocycles. The molecule has 0 radical (unpaired) electrons. The van der Waals surface area contributed by atoms with Gasteiger partial charge in [0.1, 0.15) is 5.75 Å². The summed E-state index contributed by atoms with van der Waals surface area (Å²) in [6, 6.07) is 7.42. The SMILES string of the molecule is CCOc1ccccc1NC(=O)Cc1c(C)n[nH]c1C. The van der Waals surface area contributed by atoms with E-state index in [1.807, 2.05) is 45.0 Å². The summed E-state index contributed by atoms with van der Waals surface area (Å²) in [6.07, 6.45) is 0.300. The molecule has 2 aromatic rings. The highest BCUT2D eigenvalue weighted by Crippen LogP contribution is 2.24. The van der Waals surface area contributed by atoms with Crippen LogP contribution in [0.3, 0.4) is 0 Å². The first-order valence-electron chi connectivity index (χ1n) is 6.64. The van der Waals surface area contributed by atoms with Crippen molar-refractivity contribution < 1.29 is 9.53 Å². The molecular weight excluding hydrogens is 254 g/mol. The second-order valence-corrected chi connectivity index (χ2v) is 4.57. The van der Waals surface area contributed by atoms with Gasteiger partial charge in [0.2, 0.25) is 5.91 Å². The number of hydrogen-bond acceptors (Lipinski definition) is 3. The smallest absolute Gasteiger partial charge is 0.229 e. The molecule has 0 saturated heterocycles. The molecule has 5 heteroatoms. The van der Waals surface area contributed by atoms with Crippen LogP contribution in [0.5, 0.6) is 5.75 Å². The number of aromatic nitrogens is 2. The van der Waals surface area contributed by atoms with Gasteiger partial charge in [0, 0.05) is 11.3 Å². The average Bonchev–Trinajstić information content (AvgIpc) is 2.73. The minimum Gasteiger partial charge on any atom is -0.492 e. The van der Waals surface area contributed by atoms with Crippen LogP contribution < -0.4 is 10.1 Å². The van der Waals surface area contributed by atoms with Crippen molar-refractivity contribution in [2.45, 2.75) is 27.2 Å². The first-order valence-corrected chi connectivity index (χ1v) is 6.64. The number of benzene rings is 1. The van der Waals surface area contributed by atoms with E-state index in [2.05, 4.69) is 15.5 Å². The lowest BCUT2D eigenvalue weighted by Gasteiger charge is -2.11. The van der Waals surface area contributed by atoms with Crippen LogP contribution in [0.4, 0.5) is 5.69 Å². The number of carbonyl (C=O) groups is 1. The molecule has 0 atom stereocenters. The highest BCUT2D eigenvalue weighted by Gasteiger charge is 2.13. The maximum atomic E-state index is 12.1. The van der Waals surface area contributed by atoms with Gasteiger partial charge in [0.05, 0.1) is 24.4 Å². The predicted molar refractivity (Wildman–Crippen MR) is 78.0 cm³/mol. The highest BCUT2D eigenvalue weighted by molar-refractivity contribution is 5.93. The number of rotatable bonds is 5. The number of aryl methyl sites for hydroxylation is 2. The van der Waals surface area contributed by atoms with Crippen LogP contribution in [0.15, 0.2) is 24.3 Å². The van der Waals surface area contributed by atoms with E-state index in [1.54, 1.807) is 0 Å². The van der Waals surface area contributed by atoms with Gasteiger partial charge in [-0.05, 0) is 32.9 Å². The van der Waals surface area contributed by atoms with E-state index >= 15 is 0 Å². The third-order valence-electron chi connectivity index (χ3n) is 3.08. The Balaban J connectivity index is 2.09. The fraction of sp³-hybridized carbons (Fsp3) is 0.333. The van der Waals surface area contributed by atoms with Crippen molar-refractivity contribution in [2.24, 2.45) is 0 Å². The quantitative estimate of drug-likeness (QED) is 0.880. The second-order valence-electron chi connectivity index (χ2n) is 4.57. The zero-order valence-corrected chi connectivity index (χ0v) is 12.0. The molecule has 0 aliphatic heterocycles. The molecule has 1 aromatic carbocycles. The Morgan fingerprint density at radius 2 is 2.10 bits per heavy atom. The van der Waals surface area contributed by atoms with Gasteiger partial charge in [0.25, 0.3) is 0 Å². The fourth-order valence-electron chi connectivity index (χ4n) is 2.04. The predicted octanol–water partition coefficient (Wildman–Crippen LogP) is 2.61. The molecule has 1 heterocycles. The van der Waals surface area contributed by atoms with Gasteiger partial charge in [-0.25, -0.2) is 0 Å². The molecule has 0 bridgehead atoms. The molecule has 20 heavy (non-hydrogen) atoms. The molecule has 0 fully saturated rings. The number of H-pyrrole nitrogens is 1. The Labute approximate surface area is 118 Å². The number of anilines is 1. The van der Waals surface area contributed by atoms with E-state index in [4.69, 9.17) is 4.74 Å². The van der Waals surface area contributed by atoms with Crippen molar-refractivity contribution in [1.82, 2.24) is 10.2 Å². The Hall–Kier alpha value is -2.30. The summed E-state index contributed by atoms with van der Waals surface area (Å²) in [5, 5.41) is 9.86. The number of hydrogen-bond donors (Lipinski definition) is 2. The monoisotopic (exact) mass is 273 g/mol. The van der Waals surface area contributed by atoms with Gasteiger partial charge in [0.15, 0.2) is 0 Å². The molecule has 0 aliphatic rings. The van der Waals surface area contributed by atoms with Crippen LogP contribution >= 0.6 is 0 Å². The van der Waals surface area contributed by atoms with Gasteiger partial charge in [-0.15, -0.1) is 0 Å². The number of carbonyl (C=O) groups excluding carboxylic acids is 1. The molecule has 0 aliphatic carbocycles. The number of amides is 1. The van der Waals surface area contributed by atoms with E-state index in [-0.39, 0.29) is 5.91 Å². The fourth-order valence-corrected chi connectivity index (χ4v) is 2.04. The molecule has 0 unspecified atom stereocenters. The maximum Gasteiger partial charge on any atom is 0.229 e. The van der Waals surface area contributed by atoms with Gasteiger partial charge in [-0.2, -0.15) is 5.10 Å². The first-order chi connectivity index (χ1) is 9.61. The topological polar surface area (TPSA) is 67.0 Å². The number of nitrogens with one attached hydrogen (secondary N) is 2. The summed E-state index contributed by atoms with van der Waals surface area (Å²) in [4.78, 5) is 12.1. The van der Waals surface area contributed by atoms with Gasteiger partial charge in [-0.3, -0.25) is 9.89 Å². The normalized spacial score (nSPS) is 10.3. The summed E-state index contributed by atoms with van der Waals surface area (Å²) in [5.41, 5.74) is 3.42. The summed E-state index contributed by atoms with van der Waals surface area (Å²) < 4.78 is 5.49. The van der Waals surface area contributed by atoms with E-state index < -0.39 is 0 Å². The van der Waals surface area contributed by atoms with E-state index in [0.717, 1.165) is 17.0 Å². The lowest BCUT2D eigenvalue weighted by molar-refractivity contribution is -0.115. The maximum absolute atomic E-state index is 12.1. The van der Waals surface area contributed by atoms with E-state index in [0.29, 0.717) is 24.5 Å². The molecule has 1 amide bonds.